The highest BCUT2D eigenvalue weighted by molar-refractivity contribution is 6.30. The van der Waals surface area contributed by atoms with Gasteiger partial charge < -0.3 is 10.0 Å². The molecular weight excluding hydrogens is 238 g/mol. The number of halogens is 1. The molecule has 1 aromatic heterocycles. The Bertz CT molecular complexity index is 390. The van der Waals surface area contributed by atoms with E-state index in [2.05, 4.69) is 37.7 Å². The molecule has 1 aromatic rings. The summed E-state index contributed by atoms with van der Waals surface area (Å²) < 4.78 is 0. The van der Waals surface area contributed by atoms with E-state index in [1.807, 2.05) is 11.9 Å². The van der Waals surface area contributed by atoms with Crippen LogP contribution >= 0.6 is 11.6 Å². The van der Waals surface area contributed by atoms with Crippen molar-refractivity contribution in [1.82, 2.24) is 9.97 Å². The van der Waals surface area contributed by atoms with E-state index in [9.17, 15) is 5.11 Å². The molecule has 4 nitrogen and oxygen atoms in total. The number of nitrogens with zero attached hydrogens (tertiary/aromatic N) is 3. The molecule has 0 spiro atoms. The molecule has 0 saturated carbocycles. The minimum absolute atomic E-state index is 0.110. The zero-order chi connectivity index (χ0) is 13.2. The lowest BCUT2D eigenvalue weighted by Gasteiger charge is -2.36. The number of aliphatic hydroxyl groups is 1. The van der Waals surface area contributed by atoms with Crippen molar-refractivity contribution in [3.63, 3.8) is 0 Å². The Balaban J connectivity index is 3.12. The summed E-state index contributed by atoms with van der Waals surface area (Å²) in [6.07, 6.45) is 1.42. The topological polar surface area (TPSA) is 49.2 Å². The smallest absolute Gasteiger partial charge is 0.140 e. The average molecular weight is 258 g/mol. The first-order valence-corrected chi connectivity index (χ1v) is 6.00. The van der Waals surface area contributed by atoms with Gasteiger partial charge in [-0.05, 0) is 12.3 Å². The van der Waals surface area contributed by atoms with E-state index in [0.717, 1.165) is 0 Å². The van der Waals surface area contributed by atoms with Crippen molar-refractivity contribution >= 4 is 17.4 Å². The highest BCUT2D eigenvalue weighted by Crippen LogP contribution is 2.29. The molecule has 1 heterocycles. The fraction of sp³-hybridized carbons (Fsp3) is 0.667. The molecule has 1 N–H and O–H groups in total. The molecule has 1 unspecified atom stereocenters. The Kier molecular flexibility index (Phi) is 4.33. The minimum atomic E-state index is -0.157. The Hall–Kier alpha value is -0.870. The van der Waals surface area contributed by atoms with Gasteiger partial charge in [-0.1, -0.05) is 32.4 Å². The monoisotopic (exact) mass is 257 g/mol. The molecule has 1 atom stereocenters. The van der Waals surface area contributed by atoms with Gasteiger partial charge in [0.05, 0.1) is 12.2 Å². The molecule has 5 heteroatoms. The Morgan fingerprint density at radius 3 is 2.47 bits per heavy atom. The number of hydrogen-bond donors (Lipinski definition) is 1. The van der Waals surface area contributed by atoms with Gasteiger partial charge in [0.2, 0.25) is 0 Å². The lowest BCUT2D eigenvalue weighted by Crippen LogP contribution is -2.40. The summed E-state index contributed by atoms with van der Waals surface area (Å²) in [6, 6.07) is 0.263. The van der Waals surface area contributed by atoms with Gasteiger partial charge in [-0.2, -0.15) is 0 Å². The zero-order valence-corrected chi connectivity index (χ0v) is 11.8. The quantitative estimate of drug-likeness (QED) is 0.846. The van der Waals surface area contributed by atoms with E-state index >= 15 is 0 Å². The molecule has 1 rings (SSSR count). The second-order valence-electron chi connectivity index (χ2n) is 5.28. The largest absolute Gasteiger partial charge is 0.391 e. The molecule has 96 valence electrons. The molecule has 0 fully saturated rings. The van der Waals surface area contributed by atoms with Gasteiger partial charge >= 0.3 is 0 Å². The predicted octanol–water partition coefficient (Wildman–Crippen LogP) is 2.49. The maximum atomic E-state index is 9.34. The van der Waals surface area contributed by atoms with Crippen molar-refractivity contribution in [1.29, 1.82) is 0 Å². The molecule has 0 aliphatic heterocycles. The van der Waals surface area contributed by atoms with Crippen LogP contribution in [0.2, 0.25) is 5.15 Å². The number of anilines is 1. The van der Waals surface area contributed by atoms with Crippen LogP contribution in [0.1, 0.15) is 33.3 Å². The Morgan fingerprint density at radius 2 is 2.00 bits per heavy atom. The second-order valence-corrected chi connectivity index (χ2v) is 5.64. The van der Waals surface area contributed by atoms with E-state index in [-0.39, 0.29) is 18.1 Å². The Labute approximate surface area is 108 Å². The van der Waals surface area contributed by atoms with Crippen LogP contribution in [0.5, 0.6) is 0 Å². The third-order valence-electron chi connectivity index (χ3n) is 3.20. The fourth-order valence-corrected chi connectivity index (χ4v) is 1.77. The SMILES string of the molecule is CC(N(C)c1ncnc(Cl)c1CO)C(C)(C)C. The number of rotatable bonds is 3. The van der Waals surface area contributed by atoms with Crippen LogP contribution in [0, 0.1) is 5.41 Å². The van der Waals surface area contributed by atoms with Gasteiger partial charge in [0.15, 0.2) is 0 Å². The number of aromatic nitrogens is 2. The van der Waals surface area contributed by atoms with Crippen LogP contribution in [0.25, 0.3) is 0 Å². The van der Waals surface area contributed by atoms with Gasteiger partial charge in [-0.25, -0.2) is 9.97 Å². The van der Waals surface area contributed by atoms with Crippen LogP contribution < -0.4 is 4.90 Å². The van der Waals surface area contributed by atoms with Crippen molar-refractivity contribution < 1.29 is 5.11 Å². The average Bonchev–Trinajstić information content (AvgIpc) is 2.25. The summed E-state index contributed by atoms with van der Waals surface area (Å²) >= 11 is 5.95. The van der Waals surface area contributed by atoms with E-state index in [1.165, 1.54) is 6.33 Å². The van der Waals surface area contributed by atoms with Crippen LogP contribution in [0.4, 0.5) is 5.82 Å². The maximum absolute atomic E-state index is 9.34. The molecule has 0 bridgehead atoms. The lowest BCUT2D eigenvalue weighted by molar-refractivity contribution is 0.279. The van der Waals surface area contributed by atoms with Gasteiger partial charge in [0, 0.05) is 13.1 Å². The van der Waals surface area contributed by atoms with Crippen molar-refractivity contribution in [2.24, 2.45) is 5.41 Å². The fourth-order valence-electron chi connectivity index (χ4n) is 1.59. The van der Waals surface area contributed by atoms with E-state index < -0.39 is 0 Å². The van der Waals surface area contributed by atoms with Gasteiger partial charge in [0.1, 0.15) is 17.3 Å². The normalized spacial score (nSPS) is 13.6. The van der Waals surface area contributed by atoms with Gasteiger partial charge in [-0.15, -0.1) is 0 Å². The van der Waals surface area contributed by atoms with E-state index in [0.29, 0.717) is 16.5 Å². The van der Waals surface area contributed by atoms with Crippen LogP contribution in [-0.4, -0.2) is 28.2 Å². The van der Waals surface area contributed by atoms with Gasteiger partial charge in [-0.3, -0.25) is 0 Å². The van der Waals surface area contributed by atoms with E-state index in [4.69, 9.17) is 11.6 Å². The maximum Gasteiger partial charge on any atom is 0.140 e. The standard InChI is InChI=1S/C12H20ClN3O/c1-8(12(2,3)4)16(5)11-9(6-17)10(13)14-7-15-11/h7-8,17H,6H2,1-5H3. The molecule has 0 aliphatic rings. The highest BCUT2D eigenvalue weighted by Gasteiger charge is 2.26. The van der Waals surface area contributed by atoms with Crippen molar-refractivity contribution in [3.05, 3.63) is 17.0 Å². The van der Waals surface area contributed by atoms with Crippen LogP contribution in [-0.2, 0) is 6.61 Å². The van der Waals surface area contributed by atoms with E-state index in [1.54, 1.807) is 0 Å². The first kappa shape index (κ1) is 14.2. The van der Waals surface area contributed by atoms with Crippen LogP contribution in [0.15, 0.2) is 6.33 Å². The molecule has 0 aliphatic carbocycles. The van der Waals surface area contributed by atoms with Crippen molar-refractivity contribution in [2.45, 2.75) is 40.3 Å². The third kappa shape index (κ3) is 3.07. The second kappa shape index (κ2) is 5.19. The third-order valence-corrected chi connectivity index (χ3v) is 3.52. The zero-order valence-electron chi connectivity index (χ0n) is 11.0. The predicted molar refractivity (Wildman–Crippen MR) is 70.3 cm³/mol. The minimum Gasteiger partial charge on any atom is -0.391 e. The summed E-state index contributed by atoms with van der Waals surface area (Å²) in [4.78, 5) is 10.1. The van der Waals surface area contributed by atoms with Crippen LogP contribution in [0.3, 0.4) is 0 Å². The molecule has 0 radical (unpaired) electrons. The molecule has 17 heavy (non-hydrogen) atoms. The number of aliphatic hydroxyl groups excluding tert-OH is 1. The summed E-state index contributed by atoms with van der Waals surface area (Å²) in [5.41, 5.74) is 0.687. The van der Waals surface area contributed by atoms with Crippen molar-refractivity contribution in [3.8, 4) is 0 Å². The molecule has 0 saturated heterocycles. The summed E-state index contributed by atoms with van der Waals surface area (Å²) in [5.74, 6) is 0.690. The number of hydrogen-bond acceptors (Lipinski definition) is 4. The Morgan fingerprint density at radius 1 is 1.41 bits per heavy atom. The summed E-state index contributed by atoms with van der Waals surface area (Å²) in [6.45, 7) is 8.45. The first-order valence-electron chi connectivity index (χ1n) is 5.62. The molecule has 0 amide bonds. The highest BCUT2D eigenvalue weighted by atomic mass is 35.5. The first-order chi connectivity index (χ1) is 7.79. The van der Waals surface area contributed by atoms with Crippen molar-refractivity contribution in [2.75, 3.05) is 11.9 Å². The molecular formula is C12H20ClN3O. The molecule has 0 aromatic carbocycles. The summed E-state index contributed by atoms with van der Waals surface area (Å²) in [5, 5.41) is 9.65. The lowest BCUT2D eigenvalue weighted by atomic mass is 9.87. The summed E-state index contributed by atoms with van der Waals surface area (Å²) in [7, 11) is 1.95. The van der Waals surface area contributed by atoms with Gasteiger partial charge in [0.25, 0.3) is 0 Å².